The fourth-order valence-electron chi connectivity index (χ4n) is 3.64. The fraction of sp³-hybridized carbons (Fsp3) is 0.350. The third-order valence-electron chi connectivity index (χ3n) is 5.05. The lowest BCUT2D eigenvalue weighted by Gasteiger charge is -2.33. The van der Waals surface area contributed by atoms with Crippen LogP contribution in [0.15, 0.2) is 35.1 Å². The zero-order chi connectivity index (χ0) is 20.5. The van der Waals surface area contributed by atoms with Crippen molar-refractivity contribution in [3.63, 3.8) is 0 Å². The number of aromatic nitrogens is 2. The minimum atomic E-state index is -2.66. The first-order valence-corrected chi connectivity index (χ1v) is 10.1. The van der Waals surface area contributed by atoms with Gasteiger partial charge in [-0.3, -0.25) is 9.36 Å². The first-order valence-electron chi connectivity index (χ1n) is 9.29. The number of alkyl halides is 2. The maximum Gasteiger partial charge on any atom is 0.273 e. The molecule has 1 fully saturated rings. The third kappa shape index (κ3) is 3.73. The number of hydrogen-bond acceptors (Lipinski definition) is 6. The number of benzene rings is 1. The van der Waals surface area contributed by atoms with Gasteiger partial charge in [-0.25, -0.2) is 13.8 Å². The van der Waals surface area contributed by atoms with Crippen molar-refractivity contribution in [1.82, 2.24) is 9.55 Å². The molecule has 6 nitrogen and oxygen atoms in total. The van der Waals surface area contributed by atoms with Crippen LogP contribution in [0, 0.1) is 11.3 Å². The van der Waals surface area contributed by atoms with Gasteiger partial charge in [-0.15, -0.1) is 11.3 Å². The number of hydrogen-bond donors (Lipinski definition) is 1. The largest absolute Gasteiger partial charge is 0.341 e. The van der Waals surface area contributed by atoms with E-state index >= 15 is 0 Å². The SMILES string of the molecule is N#Cc1ccccc1Cn1c(N2CCCC(N)C2)nc2cc(C(F)F)sc2c1=O. The molecule has 0 spiro atoms. The lowest BCUT2D eigenvalue weighted by Crippen LogP contribution is -2.45. The number of nitrogens with zero attached hydrogens (tertiary/aromatic N) is 4. The minimum absolute atomic E-state index is 0.0460. The molecule has 3 aromatic rings. The molecule has 1 aromatic carbocycles. The topological polar surface area (TPSA) is 87.9 Å². The Morgan fingerprint density at radius 1 is 1.38 bits per heavy atom. The highest BCUT2D eigenvalue weighted by Crippen LogP contribution is 2.31. The predicted octanol–water partition coefficient (Wildman–Crippen LogP) is 3.24. The normalized spacial score (nSPS) is 17.1. The van der Waals surface area contributed by atoms with Crippen LogP contribution in [0.5, 0.6) is 0 Å². The van der Waals surface area contributed by atoms with E-state index in [0.29, 0.717) is 30.2 Å². The van der Waals surface area contributed by atoms with Crippen LogP contribution >= 0.6 is 11.3 Å². The van der Waals surface area contributed by atoms with Gasteiger partial charge in [0.05, 0.1) is 28.6 Å². The molecule has 3 heterocycles. The summed E-state index contributed by atoms with van der Waals surface area (Å²) in [5, 5.41) is 9.39. The zero-order valence-corrected chi connectivity index (χ0v) is 16.3. The molecule has 0 radical (unpaired) electrons. The molecule has 1 aliphatic rings. The predicted molar refractivity (Wildman–Crippen MR) is 109 cm³/mol. The maximum absolute atomic E-state index is 13.3. The van der Waals surface area contributed by atoms with Gasteiger partial charge < -0.3 is 10.6 Å². The highest BCUT2D eigenvalue weighted by atomic mass is 32.1. The van der Waals surface area contributed by atoms with Crippen molar-refractivity contribution < 1.29 is 8.78 Å². The molecule has 9 heteroatoms. The molecule has 1 unspecified atom stereocenters. The van der Waals surface area contributed by atoms with Crippen LogP contribution in [0.4, 0.5) is 14.7 Å². The summed E-state index contributed by atoms with van der Waals surface area (Å²) >= 11 is 0.769. The van der Waals surface area contributed by atoms with Crippen molar-refractivity contribution in [2.24, 2.45) is 5.73 Å². The van der Waals surface area contributed by atoms with E-state index in [1.807, 2.05) is 4.90 Å². The quantitative estimate of drug-likeness (QED) is 0.707. The minimum Gasteiger partial charge on any atom is -0.341 e. The average molecular weight is 415 g/mol. The number of fused-ring (bicyclic) bond motifs is 1. The molecule has 150 valence electrons. The van der Waals surface area contributed by atoms with Crippen LogP contribution in [0.25, 0.3) is 10.2 Å². The number of thiophene rings is 1. The number of nitriles is 1. The van der Waals surface area contributed by atoms with Gasteiger partial charge in [-0.1, -0.05) is 18.2 Å². The molecule has 2 N–H and O–H groups in total. The Bertz CT molecular complexity index is 1150. The summed E-state index contributed by atoms with van der Waals surface area (Å²) < 4.78 is 28.1. The second-order valence-electron chi connectivity index (χ2n) is 7.08. The standard InChI is InChI=1S/C20H19F2N5OS/c21-18(22)16-8-15-17(29-16)19(28)27(10-13-5-2-1-4-12(13)9-23)20(25-15)26-7-3-6-14(24)11-26/h1-2,4-5,8,14,18H,3,6-7,10-11,24H2. The van der Waals surface area contributed by atoms with Crippen molar-refractivity contribution in [2.75, 3.05) is 18.0 Å². The second kappa shape index (κ2) is 7.89. The summed E-state index contributed by atoms with van der Waals surface area (Å²) in [4.78, 5) is 19.6. The molecule has 0 saturated carbocycles. The van der Waals surface area contributed by atoms with Crippen LogP contribution in [0.1, 0.15) is 35.3 Å². The van der Waals surface area contributed by atoms with Gasteiger partial charge in [-0.05, 0) is 30.5 Å². The first-order chi connectivity index (χ1) is 14.0. The summed E-state index contributed by atoms with van der Waals surface area (Å²) in [5.74, 6) is 0.406. The molecule has 0 aliphatic carbocycles. The van der Waals surface area contributed by atoms with Crippen LogP contribution < -0.4 is 16.2 Å². The number of piperidine rings is 1. The summed E-state index contributed by atoms with van der Waals surface area (Å²) in [5.41, 5.74) is 7.13. The van der Waals surface area contributed by atoms with Crippen molar-refractivity contribution in [3.8, 4) is 6.07 Å². The van der Waals surface area contributed by atoms with E-state index in [1.165, 1.54) is 10.6 Å². The van der Waals surface area contributed by atoms with Gasteiger partial charge in [0.2, 0.25) is 5.95 Å². The second-order valence-corrected chi connectivity index (χ2v) is 8.17. The molecule has 0 amide bonds. The number of halogens is 2. The Hall–Kier alpha value is -2.83. The molecule has 1 saturated heterocycles. The lowest BCUT2D eigenvalue weighted by atomic mass is 10.1. The van der Waals surface area contributed by atoms with Gasteiger partial charge >= 0.3 is 0 Å². The Labute approximate surface area is 169 Å². The Morgan fingerprint density at radius 2 is 2.17 bits per heavy atom. The molecule has 4 rings (SSSR count). The number of anilines is 1. The highest BCUT2D eigenvalue weighted by molar-refractivity contribution is 7.19. The average Bonchev–Trinajstić information content (AvgIpc) is 3.15. The Kier molecular flexibility index (Phi) is 5.30. The molecule has 1 aliphatic heterocycles. The van der Waals surface area contributed by atoms with Crippen molar-refractivity contribution in [2.45, 2.75) is 31.9 Å². The summed E-state index contributed by atoms with van der Waals surface area (Å²) in [6.07, 6.45) is -0.919. The summed E-state index contributed by atoms with van der Waals surface area (Å²) in [7, 11) is 0. The number of rotatable bonds is 4. The van der Waals surface area contributed by atoms with Crippen LogP contribution in [-0.2, 0) is 6.54 Å². The zero-order valence-electron chi connectivity index (χ0n) is 15.5. The smallest absolute Gasteiger partial charge is 0.273 e. The van der Waals surface area contributed by atoms with E-state index in [1.54, 1.807) is 24.3 Å². The van der Waals surface area contributed by atoms with E-state index in [4.69, 9.17) is 5.73 Å². The lowest BCUT2D eigenvalue weighted by molar-refractivity contribution is 0.156. The van der Waals surface area contributed by atoms with Crippen LogP contribution in [-0.4, -0.2) is 28.7 Å². The molecule has 29 heavy (non-hydrogen) atoms. The summed E-state index contributed by atoms with van der Waals surface area (Å²) in [6, 6.07) is 10.4. The Balaban J connectivity index is 1.89. The van der Waals surface area contributed by atoms with Crippen molar-refractivity contribution in [3.05, 3.63) is 56.7 Å². The molecule has 1 atom stereocenters. The maximum atomic E-state index is 13.3. The van der Waals surface area contributed by atoms with E-state index < -0.39 is 6.43 Å². The van der Waals surface area contributed by atoms with E-state index in [-0.39, 0.29) is 33.2 Å². The van der Waals surface area contributed by atoms with Gasteiger partial charge in [0, 0.05) is 19.1 Å². The monoisotopic (exact) mass is 415 g/mol. The van der Waals surface area contributed by atoms with Gasteiger partial charge in [0.15, 0.2) is 0 Å². The van der Waals surface area contributed by atoms with Gasteiger partial charge in [0.1, 0.15) is 4.70 Å². The molecule has 2 aromatic heterocycles. The van der Waals surface area contributed by atoms with E-state index in [9.17, 15) is 18.8 Å². The molecular formula is C20H19F2N5OS. The fourth-order valence-corrected chi connectivity index (χ4v) is 4.54. The van der Waals surface area contributed by atoms with Crippen LogP contribution in [0.3, 0.4) is 0 Å². The molecular weight excluding hydrogens is 396 g/mol. The Morgan fingerprint density at radius 3 is 2.90 bits per heavy atom. The molecule has 0 bridgehead atoms. The van der Waals surface area contributed by atoms with E-state index in [0.717, 1.165) is 24.2 Å². The first kappa shape index (κ1) is 19.5. The van der Waals surface area contributed by atoms with Gasteiger partial charge in [0.25, 0.3) is 12.0 Å². The van der Waals surface area contributed by atoms with Crippen molar-refractivity contribution in [1.29, 1.82) is 5.26 Å². The van der Waals surface area contributed by atoms with Crippen LogP contribution in [0.2, 0.25) is 0 Å². The highest BCUT2D eigenvalue weighted by Gasteiger charge is 2.24. The van der Waals surface area contributed by atoms with E-state index in [2.05, 4.69) is 11.1 Å². The van der Waals surface area contributed by atoms with Gasteiger partial charge in [-0.2, -0.15) is 5.26 Å². The number of nitrogens with two attached hydrogens (primary N) is 1. The third-order valence-corrected chi connectivity index (χ3v) is 6.17. The van der Waals surface area contributed by atoms with Crippen molar-refractivity contribution >= 4 is 27.5 Å². The summed E-state index contributed by atoms with van der Waals surface area (Å²) in [6.45, 7) is 1.34.